The Morgan fingerprint density at radius 2 is 2.12 bits per heavy atom. The second-order valence-corrected chi connectivity index (χ2v) is 9.43. The van der Waals surface area contributed by atoms with Crippen LogP contribution in [0.4, 0.5) is 0 Å². The highest BCUT2D eigenvalue weighted by Gasteiger charge is 2.31. The Hall–Kier alpha value is -1.08. The van der Waals surface area contributed by atoms with E-state index in [-0.39, 0.29) is 12.0 Å². The van der Waals surface area contributed by atoms with Crippen LogP contribution in [0.25, 0.3) is 0 Å². The number of carbonyl (C=O) groups is 1. The van der Waals surface area contributed by atoms with Crippen molar-refractivity contribution in [3.63, 3.8) is 0 Å². The summed E-state index contributed by atoms with van der Waals surface area (Å²) < 4.78 is 1.14. The van der Waals surface area contributed by atoms with Gasteiger partial charge in [-0.3, -0.25) is 9.79 Å². The zero-order valence-electron chi connectivity index (χ0n) is 14.8. The Bertz CT molecular complexity index is 612. The zero-order chi connectivity index (χ0) is 17.6. The topological polar surface area (TPSA) is 56.7 Å². The van der Waals surface area contributed by atoms with Crippen molar-refractivity contribution in [1.29, 1.82) is 0 Å². The molecule has 1 aromatic rings. The fourth-order valence-electron chi connectivity index (χ4n) is 3.69. The van der Waals surface area contributed by atoms with Crippen molar-refractivity contribution in [3.05, 3.63) is 20.8 Å². The number of hydrogen-bond acceptors (Lipinski definition) is 3. The highest BCUT2D eigenvalue weighted by Crippen LogP contribution is 2.27. The summed E-state index contributed by atoms with van der Waals surface area (Å²) >= 11 is 5.21. The van der Waals surface area contributed by atoms with Gasteiger partial charge in [-0.25, -0.2) is 0 Å². The Kier molecular flexibility index (Phi) is 6.76. The molecule has 7 heteroatoms. The van der Waals surface area contributed by atoms with Crippen LogP contribution in [0.2, 0.25) is 0 Å². The van der Waals surface area contributed by atoms with E-state index in [4.69, 9.17) is 0 Å². The lowest BCUT2D eigenvalue weighted by atomic mass is 9.88. The maximum atomic E-state index is 12.7. The quantitative estimate of drug-likeness (QED) is 0.573. The molecule has 25 heavy (non-hydrogen) atoms. The number of guanidine groups is 1. The number of amides is 1. The summed E-state index contributed by atoms with van der Waals surface area (Å²) in [5.74, 6) is 1.44. The lowest BCUT2D eigenvalue weighted by molar-refractivity contribution is -0.135. The number of carbonyl (C=O) groups excluding carboxylic acids is 1. The molecular formula is C18H27BrN4OS. The molecular weight excluding hydrogens is 400 g/mol. The molecule has 2 fully saturated rings. The fourth-order valence-corrected chi connectivity index (χ4v) is 5.11. The van der Waals surface area contributed by atoms with Gasteiger partial charge in [0, 0.05) is 37.0 Å². The van der Waals surface area contributed by atoms with Crippen LogP contribution in [0, 0.1) is 5.92 Å². The smallest absolute Gasteiger partial charge is 0.225 e. The second kappa shape index (κ2) is 9.03. The van der Waals surface area contributed by atoms with E-state index in [2.05, 4.69) is 48.6 Å². The van der Waals surface area contributed by atoms with Crippen LogP contribution in [-0.2, 0) is 11.3 Å². The fraction of sp³-hybridized carbons (Fsp3) is 0.667. The van der Waals surface area contributed by atoms with Gasteiger partial charge >= 0.3 is 0 Å². The van der Waals surface area contributed by atoms with E-state index in [0.29, 0.717) is 5.91 Å². The van der Waals surface area contributed by atoms with Gasteiger partial charge in [0.05, 0.1) is 10.3 Å². The first-order chi connectivity index (χ1) is 12.2. The first-order valence-corrected chi connectivity index (χ1v) is 10.8. The summed E-state index contributed by atoms with van der Waals surface area (Å²) in [6.45, 7) is 2.41. The molecule has 138 valence electrons. The number of nitrogens with one attached hydrogen (secondary N) is 2. The first kappa shape index (κ1) is 18.7. The Balaban J connectivity index is 1.45. The molecule has 1 aromatic heterocycles. The molecule has 0 radical (unpaired) electrons. The molecule has 0 bridgehead atoms. The largest absolute Gasteiger partial charge is 0.352 e. The van der Waals surface area contributed by atoms with E-state index >= 15 is 0 Å². The number of likely N-dealkylation sites (tertiary alicyclic amines) is 1. The maximum Gasteiger partial charge on any atom is 0.225 e. The summed E-state index contributed by atoms with van der Waals surface area (Å²) in [6, 6.07) is 4.45. The molecule has 1 unspecified atom stereocenters. The van der Waals surface area contributed by atoms with Gasteiger partial charge in [0.1, 0.15) is 0 Å². The van der Waals surface area contributed by atoms with Gasteiger partial charge in [-0.15, -0.1) is 11.3 Å². The Morgan fingerprint density at radius 1 is 1.32 bits per heavy atom. The molecule has 1 atom stereocenters. The van der Waals surface area contributed by atoms with E-state index in [0.717, 1.165) is 48.6 Å². The summed E-state index contributed by atoms with van der Waals surface area (Å²) in [6.07, 6.45) is 6.85. The average Bonchev–Trinajstić information content (AvgIpc) is 3.27. The van der Waals surface area contributed by atoms with Crippen LogP contribution < -0.4 is 10.6 Å². The van der Waals surface area contributed by atoms with Crippen molar-refractivity contribution in [2.45, 2.75) is 51.1 Å². The van der Waals surface area contributed by atoms with Crippen molar-refractivity contribution in [2.24, 2.45) is 10.9 Å². The van der Waals surface area contributed by atoms with Crippen molar-refractivity contribution >= 4 is 39.1 Å². The molecule has 2 aliphatic rings. The number of thiophene rings is 1. The van der Waals surface area contributed by atoms with Gasteiger partial charge < -0.3 is 15.5 Å². The average molecular weight is 427 g/mol. The molecule has 1 amide bonds. The maximum absolute atomic E-state index is 12.7. The van der Waals surface area contributed by atoms with Crippen molar-refractivity contribution < 1.29 is 4.79 Å². The second-order valence-electron chi connectivity index (χ2n) is 6.88. The van der Waals surface area contributed by atoms with Gasteiger partial charge in [-0.05, 0) is 47.3 Å². The molecule has 1 saturated heterocycles. The monoisotopic (exact) mass is 426 g/mol. The van der Waals surface area contributed by atoms with Gasteiger partial charge in [-0.2, -0.15) is 0 Å². The standard InChI is InChI=1S/C18H27BrN4OS/c1-20-18(21-11-15-7-8-16(19)25-15)22-14-9-10-23(12-14)17(24)13-5-3-2-4-6-13/h7-8,13-14H,2-6,9-12H2,1H3,(H2,20,21,22). The number of aliphatic imine (C=N–C) groups is 1. The van der Waals surface area contributed by atoms with Crippen LogP contribution in [-0.4, -0.2) is 42.9 Å². The molecule has 2 heterocycles. The van der Waals surface area contributed by atoms with Crippen LogP contribution in [0.3, 0.4) is 0 Å². The van der Waals surface area contributed by atoms with E-state index < -0.39 is 0 Å². The minimum atomic E-state index is 0.266. The first-order valence-electron chi connectivity index (χ1n) is 9.16. The van der Waals surface area contributed by atoms with Crippen LogP contribution >= 0.6 is 27.3 Å². The summed E-state index contributed by atoms with van der Waals surface area (Å²) in [5, 5.41) is 6.83. The van der Waals surface area contributed by atoms with E-state index in [1.807, 2.05) is 0 Å². The third-order valence-corrected chi connectivity index (χ3v) is 6.70. The lowest BCUT2D eigenvalue weighted by Crippen LogP contribution is -2.45. The molecule has 1 saturated carbocycles. The van der Waals surface area contributed by atoms with Gasteiger partial charge in [-0.1, -0.05) is 19.3 Å². The molecule has 0 aromatic carbocycles. The van der Waals surface area contributed by atoms with Gasteiger partial charge in [0.15, 0.2) is 5.96 Å². The van der Waals surface area contributed by atoms with Gasteiger partial charge in [0.25, 0.3) is 0 Å². The highest BCUT2D eigenvalue weighted by atomic mass is 79.9. The predicted octanol–water partition coefficient (Wildman–Crippen LogP) is 3.36. The third-order valence-electron chi connectivity index (χ3n) is 5.08. The van der Waals surface area contributed by atoms with Crippen molar-refractivity contribution in [1.82, 2.24) is 15.5 Å². The zero-order valence-corrected chi connectivity index (χ0v) is 17.2. The SMILES string of the molecule is CN=C(NCc1ccc(Br)s1)NC1CCN(C(=O)C2CCCCC2)C1. The van der Waals surface area contributed by atoms with E-state index in [1.165, 1.54) is 24.1 Å². The predicted molar refractivity (Wildman–Crippen MR) is 107 cm³/mol. The molecule has 3 rings (SSSR count). The molecule has 2 N–H and O–H groups in total. The summed E-state index contributed by atoms with van der Waals surface area (Å²) in [5.41, 5.74) is 0. The minimum Gasteiger partial charge on any atom is -0.352 e. The minimum absolute atomic E-state index is 0.266. The number of rotatable bonds is 4. The summed E-state index contributed by atoms with van der Waals surface area (Å²) in [4.78, 5) is 20.3. The summed E-state index contributed by atoms with van der Waals surface area (Å²) in [7, 11) is 1.79. The third kappa shape index (κ3) is 5.20. The molecule has 5 nitrogen and oxygen atoms in total. The van der Waals surface area contributed by atoms with Crippen molar-refractivity contribution in [2.75, 3.05) is 20.1 Å². The Morgan fingerprint density at radius 3 is 2.80 bits per heavy atom. The molecule has 0 spiro atoms. The molecule has 1 aliphatic carbocycles. The normalized spacial score (nSPS) is 22.2. The van der Waals surface area contributed by atoms with E-state index in [1.54, 1.807) is 18.4 Å². The van der Waals surface area contributed by atoms with Crippen molar-refractivity contribution in [3.8, 4) is 0 Å². The number of halogens is 1. The lowest BCUT2D eigenvalue weighted by Gasteiger charge is -2.26. The number of hydrogen-bond donors (Lipinski definition) is 2. The van der Waals surface area contributed by atoms with Crippen LogP contribution in [0.5, 0.6) is 0 Å². The van der Waals surface area contributed by atoms with Crippen LogP contribution in [0.1, 0.15) is 43.4 Å². The number of nitrogens with zero attached hydrogens (tertiary/aromatic N) is 2. The Labute approximate surface area is 162 Å². The van der Waals surface area contributed by atoms with Crippen LogP contribution in [0.15, 0.2) is 20.9 Å². The molecule has 1 aliphatic heterocycles. The van der Waals surface area contributed by atoms with E-state index in [9.17, 15) is 4.79 Å². The highest BCUT2D eigenvalue weighted by molar-refractivity contribution is 9.11. The van der Waals surface area contributed by atoms with Gasteiger partial charge in [0.2, 0.25) is 5.91 Å².